The van der Waals surface area contributed by atoms with Crippen LogP contribution in [-0.4, -0.2) is 18.2 Å². The van der Waals surface area contributed by atoms with Gasteiger partial charge in [0.05, 0.1) is 11.1 Å². The molecule has 8 heteroatoms. The first-order valence-corrected chi connectivity index (χ1v) is 8.11. The molecule has 0 atom stereocenters. The topological polar surface area (TPSA) is 90.0 Å². The zero-order valence-corrected chi connectivity index (χ0v) is 13.6. The van der Waals surface area contributed by atoms with Crippen molar-refractivity contribution in [3.8, 4) is 0 Å². The van der Waals surface area contributed by atoms with Gasteiger partial charge in [-0.25, -0.2) is 13.1 Å². The van der Waals surface area contributed by atoms with Crippen molar-refractivity contribution in [2.75, 3.05) is 5.73 Å². The van der Waals surface area contributed by atoms with Gasteiger partial charge in [0.25, 0.3) is 0 Å². The van der Waals surface area contributed by atoms with Gasteiger partial charge in [-0.2, -0.15) is 5.10 Å². The summed E-state index contributed by atoms with van der Waals surface area (Å²) in [6, 6.07) is 2.80. The van der Waals surface area contributed by atoms with Crippen molar-refractivity contribution in [2.45, 2.75) is 25.3 Å². The number of rotatable bonds is 4. The van der Waals surface area contributed by atoms with Crippen LogP contribution in [0.3, 0.4) is 0 Å². The largest absolute Gasteiger partial charge is 0.398 e. The van der Waals surface area contributed by atoms with Gasteiger partial charge in [-0.15, -0.1) is 0 Å². The molecule has 0 amide bonds. The van der Waals surface area contributed by atoms with E-state index in [2.05, 4.69) is 9.82 Å². The number of nitrogens with zero attached hydrogens (tertiary/aromatic N) is 2. The molecule has 0 aliphatic rings. The molecule has 0 aliphatic heterocycles. The lowest BCUT2D eigenvalue weighted by Gasteiger charge is -2.10. The molecule has 0 saturated heterocycles. The molecule has 3 N–H and O–H groups in total. The lowest BCUT2D eigenvalue weighted by Crippen LogP contribution is -2.23. The molecule has 6 nitrogen and oxygen atoms in total. The first kappa shape index (κ1) is 15.8. The predicted molar refractivity (Wildman–Crippen MR) is 82.6 cm³/mol. The van der Waals surface area contributed by atoms with E-state index >= 15 is 0 Å². The molecule has 0 unspecified atom stereocenters. The van der Waals surface area contributed by atoms with Crippen LogP contribution in [0.15, 0.2) is 23.2 Å². The van der Waals surface area contributed by atoms with Gasteiger partial charge in [0.1, 0.15) is 0 Å². The van der Waals surface area contributed by atoms with Crippen molar-refractivity contribution in [1.29, 1.82) is 0 Å². The Kier molecular flexibility index (Phi) is 4.27. The normalized spacial score (nSPS) is 11.8. The maximum absolute atomic E-state index is 12.3. The summed E-state index contributed by atoms with van der Waals surface area (Å²) in [5.41, 5.74) is 8.49. The van der Waals surface area contributed by atoms with E-state index in [4.69, 9.17) is 17.3 Å². The molecule has 2 rings (SSSR count). The van der Waals surface area contributed by atoms with E-state index in [1.54, 1.807) is 24.9 Å². The third kappa shape index (κ3) is 3.20. The number of aromatic nitrogens is 2. The number of anilines is 1. The number of nitrogens with one attached hydrogen (secondary N) is 1. The molecule has 1 aromatic heterocycles. The molecule has 0 aliphatic carbocycles. The van der Waals surface area contributed by atoms with E-state index in [0.717, 1.165) is 11.3 Å². The van der Waals surface area contributed by atoms with Crippen LogP contribution in [0.25, 0.3) is 0 Å². The Morgan fingerprint density at radius 3 is 2.57 bits per heavy atom. The Labute approximate surface area is 129 Å². The summed E-state index contributed by atoms with van der Waals surface area (Å²) in [5, 5.41) is 4.40. The van der Waals surface area contributed by atoms with E-state index < -0.39 is 10.0 Å². The van der Waals surface area contributed by atoms with Crippen molar-refractivity contribution in [2.24, 2.45) is 7.05 Å². The highest BCUT2D eigenvalue weighted by atomic mass is 35.5. The minimum atomic E-state index is -3.68. The summed E-state index contributed by atoms with van der Waals surface area (Å²) >= 11 is 5.99. The smallest absolute Gasteiger partial charge is 0.240 e. The molecule has 2 aromatic rings. The second-order valence-electron chi connectivity index (χ2n) is 4.82. The second-order valence-corrected chi connectivity index (χ2v) is 7.00. The molecule has 114 valence electrons. The third-order valence-corrected chi connectivity index (χ3v) is 5.23. The number of halogens is 1. The van der Waals surface area contributed by atoms with Gasteiger partial charge in [0.2, 0.25) is 10.0 Å². The van der Waals surface area contributed by atoms with Gasteiger partial charge in [0.15, 0.2) is 0 Å². The number of aryl methyl sites for hydroxylation is 1. The van der Waals surface area contributed by atoms with Gasteiger partial charge < -0.3 is 5.73 Å². The van der Waals surface area contributed by atoms with E-state index in [-0.39, 0.29) is 11.4 Å². The van der Waals surface area contributed by atoms with E-state index in [1.165, 1.54) is 12.1 Å². The Bertz CT molecular complexity index is 760. The summed E-state index contributed by atoms with van der Waals surface area (Å²) in [6.07, 6.45) is 1.63. The van der Waals surface area contributed by atoms with Crippen LogP contribution in [0.5, 0.6) is 0 Å². The number of hydrogen-bond donors (Lipinski definition) is 2. The van der Waals surface area contributed by atoms with Crippen LogP contribution in [0.4, 0.5) is 5.69 Å². The Morgan fingerprint density at radius 2 is 2.05 bits per heavy atom. The van der Waals surface area contributed by atoms with Gasteiger partial charge >= 0.3 is 0 Å². The average molecular weight is 329 g/mol. The number of nitrogen functional groups attached to an aromatic ring is 1. The van der Waals surface area contributed by atoms with Crippen LogP contribution in [-0.2, 0) is 23.6 Å². The molecule has 0 saturated carbocycles. The third-order valence-electron chi connectivity index (χ3n) is 3.46. The molecular formula is C13H17ClN4O2S. The molecule has 1 aromatic carbocycles. The molecule has 0 fully saturated rings. The standard InChI is InChI=1S/C13H17ClN4O2S/c1-8-12(14)4-11(5-13(8)15)21(19,20)17-7-10-6-16-18(3)9(10)2/h4-6,17H,7,15H2,1-3H3. The summed E-state index contributed by atoms with van der Waals surface area (Å²) < 4.78 is 28.8. The highest BCUT2D eigenvalue weighted by molar-refractivity contribution is 7.89. The monoisotopic (exact) mass is 328 g/mol. The Morgan fingerprint density at radius 1 is 1.38 bits per heavy atom. The fourth-order valence-electron chi connectivity index (χ4n) is 1.80. The Hall–Kier alpha value is -1.57. The number of nitrogens with two attached hydrogens (primary N) is 1. The van der Waals surface area contributed by atoms with Crippen molar-refractivity contribution >= 4 is 27.3 Å². The molecule has 1 heterocycles. The zero-order chi connectivity index (χ0) is 15.8. The summed E-state index contributed by atoms with van der Waals surface area (Å²) in [5.74, 6) is 0. The summed E-state index contributed by atoms with van der Waals surface area (Å²) in [4.78, 5) is 0.0529. The average Bonchev–Trinajstić information content (AvgIpc) is 2.73. The molecule has 21 heavy (non-hydrogen) atoms. The molecule has 0 spiro atoms. The van der Waals surface area contributed by atoms with Gasteiger partial charge in [0, 0.05) is 35.6 Å². The lowest BCUT2D eigenvalue weighted by molar-refractivity contribution is 0.581. The van der Waals surface area contributed by atoms with Gasteiger partial charge in [-0.1, -0.05) is 11.6 Å². The van der Waals surface area contributed by atoms with Crippen LogP contribution in [0.2, 0.25) is 5.02 Å². The predicted octanol–water partition coefficient (Wildman–Crippen LogP) is 1.75. The number of benzene rings is 1. The van der Waals surface area contributed by atoms with E-state index in [9.17, 15) is 8.42 Å². The van der Waals surface area contributed by atoms with Crippen molar-refractivity contribution < 1.29 is 8.42 Å². The highest BCUT2D eigenvalue weighted by Gasteiger charge is 2.17. The first-order valence-electron chi connectivity index (χ1n) is 6.25. The van der Waals surface area contributed by atoms with Gasteiger partial charge in [-0.05, 0) is 31.5 Å². The van der Waals surface area contributed by atoms with Crippen molar-refractivity contribution in [3.05, 3.63) is 40.2 Å². The quantitative estimate of drug-likeness (QED) is 0.837. The maximum Gasteiger partial charge on any atom is 0.240 e. The number of sulfonamides is 1. The van der Waals surface area contributed by atoms with Crippen LogP contribution >= 0.6 is 11.6 Å². The SMILES string of the molecule is Cc1c(N)cc(S(=O)(=O)NCc2cnn(C)c2C)cc1Cl. The fraction of sp³-hybridized carbons (Fsp3) is 0.308. The highest BCUT2D eigenvalue weighted by Crippen LogP contribution is 2.26. The Balaban J connectivity index is 2.25. The van der Waals surface area contributed by atoms with Gasteiger partial charge in [-0.3, -0.25) is 4.68 Å². The maximum atomic E-state index is 12.3. The molecule has 0 radical (unpaired) electrons. The number of hydrogen-bond acceptors (Lipinski definition) is 4. The van der Waals surface area contributed by atoms with Crippen molar-refractivity contribution in [3.63, 3.8) is 0 Å². The lowest BCUT2D eigenvalue weighted by atomic mass is 10.2. The van der Waals surface area contributed by atoms with E-state index in [1.807, 2.05) is 6.92 Å². The molecular weight excluding hydrogens is 312 g/mol. The summed E-state index contributed by atoms with van der Waals surface area (Å²) in [6.45, 7) is 3.77. The zero-order valence-electron chi connectivity index (χ0n) is 12.0. The minimum Gasteiger partial charge on any atom is -0.398 e. The van der Waals surface area contributed by atoms with E-state index in [0.29, 0.717) is 16.3 Å². The second kappa shape index (κ2) is 5.67. The molecule has 0 bridgehead atoms. The fourth-order valence-corrected chi connectivity index (χ4v) is 3.16. The minimum absolute atomic E-state index is 0.0529. The van der Waals surface area contributed by atoms with Crippen LogP contribution < -0.4 is 10.5 Å². The first-order chi connectivity index (χ1) is 9.72. The van der Waals surface area contributed by atoms with Crippen LogP contribution in [0, 0.1) is 13.8 Å². The van der Waals surface area contributed by atoms with Crippen LogP contribution in [0.1, 0.15) is 16.8 Å². The summed E-state index contributed by atoms with van der Waals surface area (Å²) in [7, 11) is -1.88. The van der Waals surface area contributed by atoms with Crippen molar-refractivity contribution in [1.82, 2.24) is 14.5 Å².